The molecule has 1 aliphatic heterocycles. The molecule has 1 aromatic carbocycles. The molecule has 5 heteroatoms. The van der Waals surface area contributed by atoms with Gasteiger partial charge in [-0.2, -0.15) is 0 Å². The Balaban J connectivity index is 2.12. The number of hydrogen-bond donors (Lipinski definition) is 2. The second kappa shape index (κ2) is 5.09. The van der Waals surface area contributed by atoms with Crippen LogP contribution in [0.25, 0.3) is 10.9 Å². The van der Waals surface area contributed by atoms with Gasteiger partial charge in [-0.15, -0.1) is 0 Å². The molecule has 3 rings (SSSR count). The van der Waals surface area contributed by atoms with Crippen LogP contribution in [0, 0.1) is 6.92 Å². The van der Waals surface area contributed by atoms with Gasteiger partial charge in [-0.3, -0.25) is 4.79 Å². The molecule has 0 bridgehead atoms. The number of aliphatic hydroxyl groups is 1. The predicted molar refractivity (Wildman–Crippen MR) is 77.6 cm³/mol. The Hall–Kier alpha value is -2.14. The SMILES string of the molecule is Cc1cccc2cc(CO)c(N3CCNC(=O)C3)nc12. The zero-order valence-corrected chi connectivity index (χ0v) is 11.4. The second-order valence-corrected chi connectivity index (χ2v) is 5.05. The molecule has 1 amide bonds. The van der Waals surface area contributed by atoms with Crippen LogP contribution < -0.4 is 10.2 Å². The highest BCUT2D eigenvalue weighted by atomic mass is 16.3. The maximum Gasteiger partial charge on any atom is 0.239 e. The number of pyridine rings is 1. The van der Waals surface area contributed by atoms with E-state index in [1.165, 1.54) is 0 Å². The molecule has 0 unspecified atom stereocenters. The van der Waals surface area contributed by atoms with E-state index in [0.29, 0.717) is 18.9 Å². The fourth-order valence-electron chi connectivity index (χ4n) is 2.59. The van der Waals surface area contributed by atoms with Crippen molar-refractivity contribution < 1.29 is 9.90 Å². The first-order chi connectivity index (χ1) is 9.69. The number of fused-ring (bicyclic) bond motifs is 1. The standard InChI is InChI=1S/C15H17N3O2/c1-10-3-2-4-11-7-12(9-19)15(17-14(10)11)18-6-5-16-13(20)8-18/h2-4,7,19H,5-6,8-9H2,1H3,(H,16,20). The second-order valence-electron chi connectivity index (χ2n) is 5.05. The van der Waals surface area contributed by atoms with E-state index in [9.17, 15) is 9.90 Å². The van der Waals surface area contributed by atoms with Crippen molar-refractivity contribution in [1.29, 1.82) is 0 Å². The van der Waals surface area contributed by atoms with Crippen LogP contribution in [0.15, 0.2) is 24.3 Å². The predicted octanol–water partition coefficient (Wildman–Crippen LogP) is 0.972. The Morgan fingerprint density at radius 2 is 2.30 bits per heavy atom. The summed E-state index contributed by atoms with van der Waals surface area (Å²) in [6, 6.07) is 7.94. The quantitative estimate of drug-likeness (QED) is 0.854. The van der Waals surface area contributed by atoms with Gasteiger partial charge in [0.15, 0.2) is 0 Å². The molecule has 0 radical (unpaired) electrons. The van der Waals surface area contributed by atoms with Gasteiger partial charge < -0.3 is 15.3 Å². The molecule has 20 heavy (non-hydrogen) atoms. The van der Waals surface area contributed by atoms with E-state index in [0.717, 1.165) is 22.0 Å². The summed E-state index contributed by atoms with van der Waals surface area (Å²) < 4.78 is 0. The molecule has 2 N–H and O–H groups in total. The summed E-state index contributed by atoms with van der Waals surface area (Å²) in [4.78, 5) is 18.2. The maximum absolute atomic E-state index is 11.5. The number of carbonyl (C=O) groups excluding carboxylic acids is 1. The Labute approximate surface area is 117 Å². The van der Waals surface area contributed by atoms with E-state index < -0.39 is 0 Å². The van der Waals surface area contributed by atoms with Crippen LogP contribution in [0.5, 0.6) is 0 Å². The lowest BCUT2D eigenvalue weighted by Gasteiger charge is -2.29. The van der Waals surface area contributed by atoms with Gasteiger partial charge in [0.2, 0.25) is 5.91 Å². The summed E-state index contributed by atoms with van der Waals surface area (Å²) in [6.45, 7) is 3.54. The molecule has 0 spiro atoms. The fourth-order valence-corrected chi connectivity index (χ4v) is 2.59. The van der Waals surface area contributed by atoms with Crippen molar-refractivity contribution in [2.75, 3.05) is 24.5 Å². The Bertz CT molecular complexity index is 669. The summed E-state index contributed by atoms with van der Waals surface area (Å²) >= 11 is 0. The minimum atomic E-state index is -0.0790. The number of nitrogens with one attached hydrogen (secondary N) is 1. The van der Waals surface area contributed by atoms with Crippen molar-refractivity contribution in [2.24, 2.45) is 0 Å². The Morgan fingerprint density at radius 1 is 1.45 bits per heavy atom. The number of anilines is 1. The third kappa shape index (κ3) is 2.20. The topological polar surface area (TPSA) is 65.5 Å². The largest absolute Gasteiger partial charge is 0.392 e. The van der Waals surface area contributed by atoms with Crippen LogP contribution in [-0.4, -0.2) is 35.6 Å². The average Bonchev–Trinajstić information content (AvgIpc) is 2.46. The monoisotopic (exact) mass is 271 g/mol. The lowest BCUT2D eigenvalue weighted by atomic mass is 10.1. The molecule has 104 valence electrons. The summed E-state index contributed by atoms with van der Waals surface area (Å²) in [5.41, 5.74) is 2.78. The van der Waals surface area contributed by atoms with Crippen LogP contribution in [0.2, 0.25) is 0 Å². The number of amides is 1. The van der Waals surface area contributed by atoms with Crippen molar-refractivity contribution in [1.82, 2.24) is 10.3 Å². The van der Waals surface area contributed by atoms with Crippen LogP contribution in [0.4, 0.5) is 5.82 Å². The average molecular weight is 271 g/mol. The number of rotatable bonds is 2. The summed E-state index contributed by atoms with van der Waals surface area (Å²) in [5.74, 6) is 0.705. The lowest BCUT2D eigenvalue weighted by molar-refractivity contribution is -0.120. The van der Waals surface area contributed by atoms with Gasteiger partial charge in [0, 0.05) is 24.0 Å². The van der Waals surface area contributed by atoms with Gasteiger partial charge >= 0.3 is 0 Å². The molecule has 5 nitrogen and oxygen atoms in total. The van der Waals surface area contributed by atoms with E-state index in [4.69, 9.17) is 0 Å². The third-order valence-electron chi connectivity index (χ3n) is 3.61. The van der Waals surface area contributed by atoms with Crippen LogP contribution in [0.3, 0.4) is 0 Å². The number of benzene rings is 1. The van der Waals surface area contributed by atoms with Crippen LogP contribution in [0.1, 0.15) is 11.1 Å². The molecule has 2 aromatic rings. The Morgan fingerprint density at radius 3 is 3.05 bits per heavy atom. The molecule has 1 fully saturated rings. The van der Waals surface area contributed by atoms with E-state index in [1.807, 2.05) is 36.1 Å². The van der Waals surface area contributed by atoms with Crippen LogP contribution in [-0.2, 0) is 11.4 Å². The van der Waals surface area contributed by atoms with E-state index in [1.54, 1.807) is 0 Å². The number of nitrogens with zero attached hydrogens (tertiary/aromatic N) is 2. The van der Waals surface area contributed by atoms with Crippen molar-refractivity contribution in [2.45, 2.75) is 13.5 Å². The van der Waals surface area contributed by atoms with E-state index in [-0.39, 0.29) is 19.1 Å². The van der Waals surface area contributed by atoms with Crippen molar-refractivity contribution in [3.05, 3.63) is 35.4 Å². The highest BCUT2D eigenvalue weighted by Gasteiger charge is 2.20. The smallest absolute Gasteiger partial charge is 0.239 e. The molecular weight excluding hydrogens is 254 g/mol. The molecule has 0 aliphatic carbocycles. The molecule has 1 aromatic heterocycles. The van der Waals surface area contributed by atoms with Crippen LogP contribution >= 0.6 is 0 Å². The molecule has 1 saturated heterocycles. The molecule has 0 saturated carbocycles. The first-order valence-electron chi connectivity index (χ1n) is 6.71. The normalized spacial score (nSPS) is 15.5. The van der Waals surface area contributed by atoms with Gasteiger partial charge in [0.1, 0.15) is 5.82 Å². The minimum absolute atomic E-state index is 0.00757. The van der Waals surface area contributed by atoms with Crippen molar-refractivity contribution in [3.8, 4) is 0 Å². The third-order valence-corrected chi connectivity index (χ3v) is 3.61. The maximum atomic E-state index is 11.5. The number of piperazine rings is 1. The summed E-state index contributed by atoms with van der Waals surface area (Å²) in [6.07, 6.45) is 0. The number of carbonyl (C=O) groups is 1. The number of aromatic nitrogens is 1. The number of aliphatic hydroxyl groups excluding tert-OH is 1. The summed E-state index contributed by atoms with van der Waals surface area (Å²) in [5, 5.41) is 13.4. The first-order valence-corrected chi connectivity index (χ1v) is 6.71. The van der Waals surface area contributed by atoms with E-state index >= 15 is 0 Å². The summed E-state index contributed by atoms with van der Waals surface area (Å²) in [7, 11) is 0. The van der Waals surface area contributed by atoms with Gasteiger partial charge in [0.25, 0.3) is 0 Å². The number of hydrogen-bond acceptors (Lipinski definition) is 4. The molecule has 1 aliphatic rings. The van der Waals surface area contributed by atoms with Crippen molar-refractivity contribution in [3.63, 3.8) is 0 Å². The van der Waals surface area contributed by atoms with E-state index in [2.05, 4.69) is 10.3 Å². The van der Waals surface area contributed by atoms with Gasteiger partial charge in [0.05, 0.1) is 18.7 Å². The number of aryl methyl sites for hydroxylation is 1. The number of para-hydroxylation sites is 1. The zero-order chi connectivity index (χ0) is 14.1. The minimum Gasteiger partial charge on any atom is -0.392 e. The molecule has 2 heterocycles. The molecule has 0 atom stereocenters. The lowest BCUT2D eigenvalue weighted by Crippen LogP contribution is -2.48. The fraction of sp³-hybridized carbons (Fsp3) is 0.333. The van der Waals surface area contributed by atoms with Gasteiger partial charge in [-0.05, 0) is 18.6 Å². The molecular formula is C15H17N3O2. The zero-order valence-electron chi connectivity index (χ0n) is 11.4. The Kier molecular flexibility index (Phi) is 3.28. The van der Waals surface area contributed by atoms with Crippen molar-refractivity contribution >= 4 is 22.6 Å². The highest BCUT2D eigenvalue weighted by Crippen LogP contribution is 2.26. The van der Waals surface area contributed by atoms with Gasteiger partial charge in [-0.1, -0.05) is 18.2 Å². The highest BCUT2D eigenvalue weighted by molar-refractivity contribution is 5.86. The first kappa shape index (κ1) is 12.9. The van der Waals surface area contributed by atoms with Gasteiger partial charge in [-0.25, -0.2) is 4.98 Å².